The van der Waals surface area contributed by atoms with Gasteiger partial charge in [-0.15, -0.1) is 0 Å². The number of aryl methyl sites for hydroxylation is 1. The lowest BCUT2D eigenvalue weighted by Crippen LogP contribution is -2.37. The van der Waals surface area contributed by atoms with Crippen LogP contribution in [0.4, 0.5) is 0 Å². The van der Waals surface area contributed by atoms with Gasteiger partial charge < -0.3 is 4.90 Å². The van der Waals surface area contributed by atoms with Gasteiger partial charge in [0.1, 0.15) is 5.56 Å². The Morgan fingerprint density at radius 1 is 0.970 bits per heavy atom. The fourth-order valence-electron chi connectivity index (χ4n) is 4.05. The van der Waals surface area contributed by atoms with E-state index in [-0.39, 0.29) is 35.3 Å². The Kier molecular flexibility index (Phi) is 10.6. The lowest BCUT2D eigenvalue weighted by molar-refractivity contribution is -0.130. The summed E-state index contributed by atoms with van der Waals surface area (Å²) in [6, 6.07) is 7.59. The first-order valence-corrected chi connectivity index (χ1v) is 12.5. The number of hydrogen-bond acceptors (Lipinski definition) is 3. The molecule has 0 saturated heterocycles. The highest BCUT2D eigenvalue weighted by atomic mass is 16.2. The maximum absolute atomic E-state index is 13.3. The van der Waals surface area contributed by atoms with Crippen LogP contribution in [-0.4, -0.2) is 39.5 Å². The molecule has 0 unspecified atom stereocenters. The summed E-state index contributed by atoms with van der Waals surface area (Å²) in [5.74, 6) is -0.321. The number of carbonyl (C=O) groups is 2. The molecular weight excluding hydrogens is 414 g/mol. The molecule has 0 saturated carbocycles. The Morgan fingerprint density at radius 2 is 1.61 bits per heavy atom. The molecule has 2 aromatic rings. The highest BCUT2D eigenvalue weighted by Crippen LogP contribution is 2.18. The molecule has 0 aliphatic carbocycles. The van der Waals surface area contributed by atoms with Gasteiger partial charge >= 0.3 is 0 Å². The Hall–Kier alpha value is -2.63. The van der Waals surface area contributed by atoms with Gasteiger partial charge in [-0.25, -0.2) is 4.68 Å². The third-order valence-electron chi connectivity index (χ3n) is 5.99. The average Bonchev–Trinajstić information content (AvgIpc) is 3.13. The number of hydrogen-bond donors (Lipinski definition) is 1. The first-order chi connectivity index (χ1) is 15.8. The van der Waals surface area contributed by atoms with E-state index in [0.717, 1.165) is 31.2 Å². The SMILES string of the molecule is CCCCCCCCC(=O)N(CCC)CC(=O)c1c(C(C)C)[nH]n(-c2ccc(C)cc2)c1=O. The summed E-state index contributed by atoms with van der Waals surface area (Å²) in [6.45, 7) is 10.5. The van der Waals surface area contributed by atoms with Crippen LogP contribution in [0.15, 0.2) is 29.1 Å². The van der Waals surface area contributed by atoms with Crippen LogP contribution >= 0.6 is 0 Å². The molecule has 0 aliphatic heterocycles. The van der Waals surface area contributed by atoms with Gasteiger partial charge in [0.25, 0.3) is 5.56 Å². The minimum Gasteiger partial charge on any atom is -0.335 e. The number of aromatic amines is 1. The van der Waals surface area contributed by atoms with Gasteiger partial charge in [0.05, 0.1) is 17.9 Å². The molecule has 1 aromatic carbocycles. The van der Waals surface area contributed by atoms with E-state index < -0.39 is 0 Å². The van der Waals surface area contributed by atoms with Crippen molar-refractivity contribution >= 4 is 11.7 Å². The Balaban J connectivity index is 2.17. The van der Waals surface area contributed by atoms with E-state index in [0.29, 0.717) is 24.3 Å². The second-order valence-corrected chi connectivity index (χ2v) is 9.29. The number of nitrogens with one attached hydrogen (secondary N) is 1. The predicted molar refractivity (Wildman–Crippen MR) is 134 cm³/mol. The summed E-state index contributed by atoms with van der Waals surface area (Å²) in [6.07, 6.45) is 7.90. The molecule has 33 heavy (non-hydrogen) atoms. The van der Waals surface area contributed by atoms with E-state index in [2.05, 4.69) is 12.0 Å². The lowest BCUT2D eigenvalue weighted by atomic mass is 10.0. The molecule has 0 bridgehead atoms. The fourth-order valence-corrected chi connectivity index (χ4v) is 4.05. The smallest absolute Gasteiger partial charge is 0.282 e. The lowest BCUT2D eigenvalue weighted by Gasteiger charge is -2.21. The maximum Gasteiger partial charge on any atom is 0.282 e. The molecule has 0 aliphatic rings. The van der Waals surface area contributed by atoms with Gasteiger partial charge in [-0.2, -0.15) is 0 Å². The third-order valence-corrected chi connectivity index (χ3v) is 5.99. The van der Waals surface area contributed by atoms with Gasteiger partial charge in [0.15, 0.2) is 5.78 Å². The second kappa shape index (κ2) is 13.2. The Bertz CT molecular complexity index is 954. The zero-order chi connectivity index (χ0) is 24.4. The Morgan fingerprint density at radius 3 is 2.21 bits per heavy atom. The van der Waals surface area contributed by atoms with Crippen molar-refractivity contribution in [1.82, 2.24) is 14.7 Å². The Labute approximate surface area is 198 Å². The first kappa shape index (κ1) is 26.6. The van der Waals surface area contributed by atoms with E-state index in [9.17, 15) is 14.4 Å². The number of nitrogens with zero attached hydrogens (tertiary/aromatic N) is 2. The van der Waals surface area contributed by atoms with Crippen molar-refractivity contribution in [2.75, 3.05) is 13.1 Å². The van der Waals surface area contributed by atoms with Crippen molar-refractivity contribution < 1.29 is 9.59 Å². The number of carbonyl (C=O) groups excluding carboxylic acids is 2. The number of amides is 1. The molecule has 1 amide bonds. The van der Waals surface area contributed by atoms with Gasteiger partial charge in [0.2, 0.25) is 5.91 Å². The minimum atomic E-state index is -0.354. The van der Waals surface area contributed by atoms with Crippen LogP contribution < -0.4 is 5.56 Å². The number of rotatable bonds is 14. The van der Waals surface area contributed by atoms with E-state index >= 15 is 0 Å². The monoisotopic (exact) mass is 455 g/mol. The second-order valence-electron chi connectivity index (χ2n) is 9.29. The number of unbranched alkanes of at least 4 members (excludes halogenated alkanes) is 5. The van der Waals surface area contributed by atoms with Crippen molar-refractivity contribution in [2.45, 2.75) is 91.9 Å². The highest BCUT2D eigenvalue weighted by molar-refractivity contribution is 6.00. The zero-order valence-corrected chi connectivity index (χ0v) is 21.1. The zero-order valence-electron chi connectivity index (χ0n) is 21.1. The van der Waals surface area contributed by atoms with Crippen LogP contribution in [0.5, 0.6) is 0 Å². The number of benzene rings is 1. The van der Waals surface area contributed by atoms with Crippen LogP contribution in [0, 0.1) is 6.92 Å². The fraction of sp³-hybridized carbons (Fsp3) is 0.593. The molecule has 6 heteroatoms. The van der Waals surface area contributed by atoms with Crippen molar-refractivity contribution in [1.29, 1.82) is 0 Å². The molecule has 0 fully saturated rings. The van der Waals surface area contributed by atoms with Crippen molar-refractivity contribution in [3.8, 4) is 5.69 Å². The number of H-pyrrole nitrogens is 1. The summed E-state index contributed by atoms with van der Waals surface area (Å²) in [5.41, 5.74) is 2.21. The molecule has 2 rings (SSSR count). The van der Waals surface area contributed by atoms with Crippen molar-refractivity contribution in [3.05, 3.63) is 51.4 Å². The van der Waals surface area contributed by atoms with Crippen LogP contribution in [0.3, 0.4) is 0 Å². The van der Waals surface area contributed by atoms with E-state index in [4.69, 9.17) is 0 Å². The summed E-state index contributed by atoms with van der Waals surface area (Å²) in [4.78, 5) is 41.0. The van der Waals surface area contributed by atoms with E-state index in [1.807, 2.05) is 52.0 Å². The number of aromatic nitrogens is 2. The van der Waals surface area contributed by atoms with E-state index in [1.165, 1.54) is 23.9 Å². The van der Waals surface area contributed by atoms with Crippen LogP contribution in [0.1, 0.15) is 107 Å². The molecular formula is C27H41N3O3. The summed E-state index contributed by atoms with van der Waals surface area (Å²) >= 11 is 0. The molecule has 0 spiro atoms. The normalized spacial score (nSPS) is 11.2. The summed E-state index contributed by atoms with van der Waals surface area (Å²) in [5, 5.41) is 3.14. The molecule has 1 heterocycles. The molecule has 0 atom stereocenters. The summed E-state index contributed by atoms with van der Waals surface area (Å²) < 4.78 is 1.43. The third kappa shape index (κ3) is 7.44. The molecule has 1 N–H and O–H groups in total. The highest BCUT2D eigenvalue weighted by Gasteiger charge is 2.26. The van der Waals surface area contributed by atoms with Crippen LogP contribution in [-0.2, 0) is 4.79 Å². The molecule has 1 aromatic heterocycles. The largest absolute Gasteiger partial charge is 0.335 e. The van der Waals surface area contributed by atoms with Crippen molar-refractivity contribution in [3.63, 3.8) is 0 Å². The molecule has 6 nitrogen and oxygen atoms in total. The molecule has 0 radical (unpaired) electrons. The average molecular weight is 456 g/mol. The topological polar surface area (TPSA) is 75.2 Å². The summed E-state index contributed by atoms with van der Waals surface area (Å²) in [7, 11) is 0. The van der Waals surface area contributed by atoms with E-state index in [1.54, 1.807) is 4.90 Å². The number of ketones is 1. The van der Waals surface area contributed by atoms with Gasteiger partial charge in [-0.3, -0.25) is 19.5 Å². The van der Waals surface area contributed by atoms with Crippen LogP contribution in [0.25, 0.3) is 5.69 Å². The standard InChI is InChI=1S/C27H41N3O3/c1-6-8-9-10-11-12-13-24(32)29(18-7-2)19-23(31)25-26(20(3)4)28-30(27(25)33)22-16-14-21(5)15-17-22/h14-17,20,28H,6-13,18-19H2,1-5H3. The van der Waals surface area contributed by atoms with Crippen molar-refractivity contribution in [2.24, 2.45) is 0 Å². The minimum absolute atomic E-state index is 0.00110. The van der Waals surface area contributed by atoms with Gasteiger partial charge in [-0.1, -0.05) is 77.5 Å². The van der Waals surface area contributed by atoms with Crippen LogP contribution in [0.2, 0.25) is 0 Å². The molecule has 182 valence electrons. The maximum atomic E-state index is 13.3. The van der Waals surface area contributed by atoms with Gasteiger partial charge in [0, 0.05) is 13.0 Å². The first-order valence-electron chi connectivity index (χ1n) is 12.5. The number of Topliss-reactive ketones (excluding diaryl/α,β-unsaturated/α-hetero) is 1. The quantitative estimate of drug-likeness (QED) is 0.290. The van der Waals surface area contributed by atoms with Gasteiger partial charge in [-0.05, 0) is 37.8 Å². The predicted octanol–water partition coefficient (Wildman–Crippen LogP) is 5.77.